The number of ether oxygens (including phenoxy) is 2. The monoisotopic (exact) mass is 163 g/mol. The van der Waals surface area contributed by atoms with Gasteiger partial charge in [0.15, 0.2) is 5.05 Å². The summed E-state index contributed by atoms with van der Waals surface area (Å²) in [4.78, 5) is 9.99. The molecule has 0 aromatic rings. The van der Waals surface area contributed by atoms with Crippen molar-refractivity contribution in [3.8, 4) is 0 Å². The lowest BCUT2D eigenvalue weighted by molar-refractivity contribution is 0.158. The smallest absolute Gasteiger partial charge is 0.404 e. The minimum absolute atomic E-state index is 0.183. The van der Waals surface area contributed by atoms with Gasteiger partial charge in [0.25, 0.3) is 0 Å². The van der Waals surface area contributed by atoms with Gasteiger partial charge in [-0.1, -0.05) is 0 Å². The molecule has 0 aromatic carbocycles. The Morgan fingerprint density at radius 2 is 2.30 bits per heavy atom. The summed E-state index contributed by atoms with van der Waals surface area (Å²) < 4.78 is 9.02. The van der Waals surface area contributed by atoms with Crippen LogP contribution >= 0.6 is 12.2 Å². The normalized spacial score (nSPS) is 8.50. The molecule has 4 nitrogen and oxygen atoms in total. The molecule has 0 fully saturated rings. The van der Waals surface area contributed by atoms with Crippen molar-refractivity contribution >= 4 is 23.4 Å². The molecule has 0 unspecified atom stereocenters. The standard InChI is InChI=1S/C5H9NO3S/c1-8-4(10)2-3-9-5(6)7/h2-3H2,1H3,(H2,6,7). The number of methoxy groups -OCH3 is 1. The summed E-state index contributed by atoms with van der Waals surface area (Å²) in [6.07, 6.45) is -0.381. The molecule has 0 saturated carbocycles. The highest BCUT2D eigenvalue weighted by Crippen LogP contribution is 1.88. The first-order valence-corrected chi connectivity index (χ1v) is 3.06. The number of carbonyl (C=O) groups is 1. The van der Waals surface area contributed by atoms with Crippen LogP contribution in [0.2, 0.25) is 0 Å². The lowest BCUT2D eigenvalue weighted by Crippen LogP contribution is -2.15. The molecule has 0 saturated heterocycles. The van der Waals surface area contributed by atoms with Gasteiger partial charge in [-0.3, -0.25) is 0 Å². The van der Waals surface area contributed by atoms with Gasteiger partial charge in [0.05, 0.1) is 13.5 Å². The van der Waals surface area contributed by atoms with E-state index in [0.717, 1.165) is 0 Å². The Labute approximate surface area is 64.3 Å². The van der Waals surface area contributed by atoms with Crippen molar-refractivity contribution in [2.24, 2.45) is 5.73 Å². The molecule has 0 atom stereocenters. The summed E-state index contributed by atoms with van der Waals surface area (Å²) in [6.45, 7) is 0.183. The molecule has 0 aliphatic rings. The first-order chi connectivity index (χ1) is 4.66. The van der Waals surface area contributed by atoms with Crippen LogP contribution in [0.1, 0.15) is 6.42 Å². The molecule has 2 N–H and O–H groups in total. The van der Waals surface area contributed by atoms with Gasteiger partial charge in [0, 0.05) is 0 Å². The van der Waals surface area contributed by atoms with Gasteiger partial charge in [-0.2, -0.15) is 0 Å². The van der Waals surface area contributed by atoms with Crippen LogP contribution in [0, 0.1) is 0 Å². The Balaban J connectivity index is 3.20. The molecule has 0 radical (unpaired) electrons. The predicted octanol–water partition coefficient (Wildman–Crippen LogP) is 0.446. The van der Waals surface area contributed by atoms with E-state index in [1.54, 1.807) is 0 Å². The van der Waals surface area contributed by atoms with Gasteiger partial charge < -0.3 is 15.2 Å². The highest BCUT2D eigenvalue weighted by Gasteiger charge is 1.96. The molecule has 0 spiro atoms. The second kappa shape index (κ2) is 4.99. The third-order valence-electron chi connectivity index (χ3n) is 0.778. The number of hydrogen-bond donors (Lipinski definition) is 1. The van der Waals surface area contributed by atoms with Crippen LogP contribution < -0.4 is 5.73 Å². The number of rotatable bonds is 3. The van der Waals surface area contributed by atoms with E-state index in [1.807, 2.05) is 0 Å². The molecule has 58 valence electrons. The van der Waals surface area contributed by atoms with E-state index in [1.165, 1.54) is 7.11 Å². The zero-order chi connectivity index (χ0) is 7.98. The van der Waals surface area contributed by atoms with Crippen LogP contribution in [-0.4, -0.2) is 24.9 Å². The van der Waals surface area contributed by atoms with Gasteiger partial charge in [-0.15, -0.1) is 0 Å². The minimum Gasteiger partial charge on any atom is -0.490 e. The van der Waals surface area contributed by atoms with E-state index >= 15 is 0 Å². The van der Waals surface area contributed by atoms with Crippen molar-refractivity contribution < 1.29 is 14.3 Å². The quantitative estimate of drug-likeness (QED) is 0.613. The van der Waals surface area contributed by atoms with E-state index in [0.29, 0.717) is 11.5 Å². The summed E-state index contributed by atoms with van der Waals surface area (Å²) in [5, 5.41) is 0.404. The van der Waals surface area contributed by atoms with Crippen LogP contribution in [-0.2, 0) is 9.47 Å². The fourth-order valence-corrected chi connectivity index (χ4v) is 0.420. The fourth-order valence-electron chi connectivity index (χ4n) is 0.337. The molecule has 0 aromatic heterocycles. The summed E-state index contributed by atoms with van der Waals surface area (Å²) >= 11 is 4.65. The van der Waals surface area contributed by atoms with Gasteiger partial charge in [-0.05, 0) is 12.2 Å². The van der Waals surface area contributed by atoms with E-state index < -0.39 is 6.09 Å². The van der Waals surface area contributed by atoms with Crippen molar-refractivity contribution in [1.29, 1.82) is 0 Å². The zero-order valence-electron chi connectivity index (χ0n) is 5.62. The maximum absolute atomic E-state index is 9.99. The topological polar surface area (TPSA) is 61.6 Å². The molecule has 0 aliphatic carbocycles. The predicted molar refractivity (Wildman–Crippen MR) is 39.8 cm³/mol. The van der Waals surface area contributed by atoms with E-state index in [4.69, 9.17) is 0 Å². The molecule has 1 amide bonds. The number of primary amides is 1. The Morgan fingerprint density at radius 1 is 1.70 bits per heavy atom. The molecule has 5 heteroatoms. The number of amides is 1. The highest BCUT2D eigenvalue weighted by atomic mass is 32.1. The van der Waals surface area contributed by atoms with Gasteiger partial charge >= 0.3 is 6.09 Å². The number of carbonyl (C=O) groups excluding carboxylic acids is 1. The largest absolute Gasteiger partial charge is 0.490 e. The maximum atomic E-state index is 9.99. The van der Waals surface area contributed by atoms with E-state index in [9.17, 15) is 4.79 Å². The van der Waals surface area contributed by atoms with Crippen molar-refractivity contribution in [2.45, 2.75) is 6.42 Å². The second-order valence-corrected chi connectivity index (χ2v) is 1.95. The average molecular weight is 163 g/mol. The molecule has 0 rings (SSSR count). The Kier molecular flexibility index (Phi) is 4.57. The highest BCUT2D eigenvalue weighted by molar-refractivity contribution is 7.80. The van der Waals surface area contributed by atoms with Gasteiger partial charge in [0.1, 0.15) is 6.61 Å². The second-order valence-electron chi connectivity index (χ2n) is 1.49. The van der Waals surface area contributed by atoms with Crippen molar-refractivity contribution in [1.82, 2.24) is 0 Å². The summed E-state index contributed by atoms with van der Waals surface area (Å²) in [5.74, 6) is 0. The SMILES string of the molecule is COC(=S)CCOC(N)=O. The van der Waals surface area contributed by atoms with Crippen LogP contribution in [0.4, 0.5) is 4.79 Å². The van der Waals surface area contributed by atoms with Crippen molar-refractivity contribution in [2.75, 3.05) is 13.7 Å². The molecule has 0 aliphatic heterocycles. The first-order valence-electron chi connectivity index (χ1n) is 2.66. The van der Waals surface area contributed by atoms with Gasteiger partial charge in [0.2, 0.25) is 0 Å². The number of hydrogen-bond acceptors (Lipinski definition) is 4. The Morgan fingerprint density at radius 3 is 2.70 bits per heavy atom. The van der Waals surface area contributed by atoms with Crippen LogP contribution in [0.3, 0.4) is 0 Å². The molecule has 10 heavy (non-hydrogen) atoms. The Hall–Kier alpha value is -0.840. The lowest BCUT2D eigenvalue weighted by Gasteiger charge is -2.00. The molecular formula is C5H9NO3S. The molecule has 0 bridgehead atoms. The Bertz CT molecular complexity index is 137. The fraction of sp³-hybridized carbons (Fsp3) is 0.600. The van der Waals surface area contributed by atoms with Crippen LogP contribution in [0.25, 0.3) is 0 Å². The molecular weight excluding hydrogens is 154 g/mol. The minimum atomic E-state index is -0.793. The maximum Gasteiger partial charge on any atom is 0.404 e. The van der Waals surface area contributed by atoms with Crippen molar-refractivity contribution in [3.05, 3.63) is 0 Å². The lowest BCUT2D eigenvalue weighted by atomic mass is 10.5. The summed E-state index contributed by atoms with van der Waals surface area (Å²) in [6, 6.07) is 0. The first kappa shape index (κ1) is 9.16. The van der Waals surface area contributed by atoms with E-state index in [-0.39, 0.29) is 6.61 Å². The average Bonchev–Trinajstić information content (AvgIpc) is 1.87. The summed E-state index contributed by atoms with van der Waals surface area (Å²) in [5.41, 5.74) is 4.67. The van der Waals surface area contributed by atoms with Crippen LogP contribution in [0.15, 0.2) is 0 Å². The van der Waals surface area contributed by atoms with Crippen molar-refractivity contribution in [3.63, 3.8) is 0 Å². The zero-order valence-corrected chi connectivity index (χ0v) is 6.44. The summed E-state index contributed by atoms with van der Waals surface area (Å²) in [7, 11) is 1.46. The third kappa shape index (κ3) is 5.30. The van der Waals surface area contributed by atoms with Gasteiger partial charge in [-0.25, -0.2) is 4.79 Å². The van der Waals surface area contributed by atoms with Crippen LogP contribution in [0.5, 0.6) is 0 Å². The number of nitrogens with two attached hydrogens (primary N) is 1. The number of thiocarbonyl (C=S) groups is 1. The molecule has 0 heterocycles. The van der Waals surface area contributed by atoms with E-state index in [2.05, 4.69) is 27.4 Å². The third-order valence-corrected chi connectivity index (χ3v) is 1.15.